The van der Waals surface area contributed by atoms with Gasteiger partial charge in [0.2, 0.25) is 0 Å². The van der Waals surface area contributed by atoms with Crippen molar-refractivity contribution in [3.63, 3.8) is 0 Å². The molecule has 0 saturated carbocycles. The number of unbranched alkanes of at least 4 members (excludes halogenated alkanes) is 2. The molecule has 0 aliphatic rings. The van der Waals surface area contributed by atoms with Crippen molar-refractivity contribution >= 4 is 22.1 Å². The number of amides is 1. The SMILES string of the molecule is CCCCCC(CCCC(C(C)OS(=O)(=O)N(C(=O)O)c1ccccc1)C(C)(C)C)C(C)(C)C. The molecule has 1 N–H and O–H groups in total. The van der Waals surface area contributed by atoms with Crippen LogP contribution in [0.1, 0.15) is 100 Å². The van der Waals surface area contributed by atoms with Crippen LogP contribution >= 0.6 is 0 Å². The van der Waals surface area contributed by atoms with E-state index in [2.05, 4.69) is 48.5 Å². The third-order valence-corrected chi connectivity index (χ3v) is 8.15. The van der Waals surface area contributed by atoms with Crippen LogP contribution < -0.4 is 4.31 Å². The zero-order valence-electron chi connectivity index (χ0n) is 22.5. The molecule has 1 aromatic carbocycles. The van der Waals surface area contributed by atoms with Gasteiger partial charge in [-0.1, -0.05) is 92.3 Å². The highest BCUT2D eigenvalue weighted by atomic mass is 32.2. The summed E-state index contributed by atoms with van der Waals surface area (Å²) in [6, 6.07) is 7.75. The molecule has 0 bridgehead atoms. The Labute approximate surface area is 208 Å². The van der Waals surface area contributed by atoms with Crippen molar-refractivity contribution in [2.24, 2.45) is 22.7 Å². The molecular weight excluding hydrogens is 450 g/mol. The van der Waals surface area contributed by atoms with Crippen molar-refractivity contribution in [1.29, 1.82) is 0 Å². The Balaban J connectivity index is 2.96. The van der Waals surface area contributed by atoms with E-state index < -0.39 is 22.5 Å². The summed E-state index contributed by atoms with van der Waals surface area (Å²) in [4.78, 5) is 11.8. The lowest BCUT2D eigenvalue weighted by Crippen LogP contribution is -2.42. The number of hydrogen-bond acceptors (Lipinski definition) is 4. The third kappa shape index (κ3) is 9.57. The topological polar surface area (TPSA) is 83.9 Å². The van der Waals surface area contributed by atoms with Crippen LogP contribution in [0.25, 0.3) is 0 Å². The largest absolute Gasteiger partial charge is 0.464 e. The molecule has 1 amide bonds. The summed E-state index contributed by atoms with van der Waals surface area (Å²) >= 11 is 0. The minimum absolute atomic E-state index is 0.0367. The molecule has 196 valence electrons. The zero-order chi connectivity index (χ0) is 26.2. The zero-order valence-corrected chi connectivity index (χ0v) is 23.3. The van der Waals surface area contributed by atoms with Crippen LogP contribution in [0, 0.1) is 22.7 Å². The first-order valence-corrected chi connectivity index (χ1v) is 14.0. The molecule has 7 heteroatoms. The fourth-order valence-corrected chi connectivity index (χ4v) is 5.98. The Hall–Kier alpha value is -1.60. The molecular formula is C27H47NO5S. The van der Waals surface area contributed by atoms with Crippen LogP contribution in [0.5, 0.6) is 0 Å². The van der Waals surface area contributed by atoms with E-state index >= 15 is 0 Å². The number of anilines is 1. The van der Waals surface area contributed by atoms with Gasteiger partial charge in [-0.2, -0.15) is 8.42 Å². The van der Waals surface area contributed by atoms with Gasteiger partial charge in [-0.3, -0.25) is 0 Å². The summed E-state index contributed by atoms with van der Waals surface area (Å²) < 4.78 is 31.8. The van der Waals surface area contributed by atoms with Gasteiger partial charge in [0.15, 0.2) is 0 Å². The van der Waals surface area contributed by atoms with Crippen LogP contribution in [-0.2, 0) is 14.5 Å². The van der Waals surface area contributed by atoms with Crippen LogP contribution in [0.2, 0.25) is 0 Å². The van der Waals surface area contributed by atoms with Crippen LogP contribution in [0.15, 0.2) is 30.3 Å². The maximum absolute atomic E-state index is 13.0. The van der Waals surface area contributed by atoms with E-state index in [9.17, 15) is 18.3 Å². The second kappa shape index (κ2) is 12.9. The fourth-order valence-electron chi connectivity index (χ4n) is 4.81. The first-order chi connectivity index (χ1) is 15.6. The second-order valence-corrected chi connectivity index (χ2v) is 13.0. The van der Waals surface area contributed by atoms with Gasteiger partial charge in [0.05, 0.1) is 11.8 Å². The lowest BCUT2D eigenvalue weighted by atomic mass is 9.72. The molecule has 3 atom stereocenters. The van der Waals surface area contributed by atoms with Crippen molar-refractivity contribution in [2.45, 2.75) is 106 Å². The summed E-state index contributed by atoms with van der Waals surface area (Å²) in [7, 11) is -4.52. The monoisotopic (exact) mass is 497 g/mol. The van der Waals surface area contributed by atoms with Gasteiger partial charge in [0.25, 0.3) is 0 Å². The third-order valence-electron chi connectivity index (χ3n) is 6.79. The number of hydrogen-bond donors (Lipinski definition) is 1. The Morgan fingerprint density at radius 1 is 0.941 bits per heavy atom. The van der Waals surface area contributed by atoms with E-state index in [4.69, 9.17) is 4.18 Å². The summed E-state index contributed by atoms with van der Waals surface area (Å²) in [5.74, 6) is 0.560. The van der Waals surface area contributed by atoms with Crippen molar-refractivity contribution in [1.82, 2.24) is 0 Å². The molecule has 1 rings (SSSR count). The Morgan fingerprint density at radius 3 is 1.97 bits per heavy atom. The van der Waals surface area contributed by atoms with Gasteiger partial charge < -0.3 is 5.11 Å². The van der Waals surface area contributed by atoms with E-state index in [0.29, 0.717) is 10.2 Å². The minimum Gasteiger partial charge on any atom is -0.464 e. The van der Waals surface area contributed by atoms with E-state index in [0.717, 1.165) is 19.3 Å². The highest BCUT2D eigenvalue weighted by Crippen LogP contribution is 2.39. The van der Waals surface area contributed by atoms with E-state index in [1.165, 1.54) is 37.8 Å². The number of rotatable bonds is 13. The summed E-state index contributed by atoms with van der Waals surface area (Å²) in [6.07, 6.45) is 5.54. The van der Waals surface area contributed by atoms with Gasteiger partial charge >= 0.3 is 16.4 Å². The number of carbonyl (C=O) groups is 1. The molecule has 0 fully saturated rings. The summed E-state index contributed by atoms with van der Waals surface area (Å²) in [5.41, 5.74) is 0.0677. The molecule has 3 unspecified atom stereocenters. The summed E-state index contributed by atoms with van der Waals surface area (Å²) in [5, 5.41) is 9.61. The van der Waals surface area contributed by atoms with Crippen molar-refractivity contribution in [2.75, 3.05) is 4.31 Å². The summed E-state index contributed by atoms with van der Waals surface area (Å²) in [6.45, 7) is 17.1. The average molecular weight is 498 g/mol. The molecule has 0 spiro atoms. The minimum atomic E-state index is -4.52. The predicted molar refractivity (Wildman–Crippen MR) is 140 cm³/mol. The molecule has 0 aromatic heterocycles. The van der Waals surface area contributed by atoms with E-state index in [1.807, 2.05) is 0 Å². The van der Waals surface area contributed by atoms with E-state index in [-0.39, 0.29) is 22.4 Å². The normalized spacial score (nSPS) is 15.5. The fraction of sp³-hybridized carbons (Fsp3) is 0.741. The van der Waals surface area contributed by atoms with E-state index in [1.54, 1.807) is 25.1 Å². The van der Waals surface area contributed by atoms with Crippen molar-refractivity contribution < 1.29 is 22.5 Å². The van der Waals surface area contributed by atoms with Crippen LogP contribution in [0.4, 0.5) is 10.5 Å². The van der Waals surface area contributed by atoms with Gasteiger partial charge in [-0.05, 0) is 61.0 Å². The predicted octanol–water partition coefficient (Wildman–Crippen LogP) is 7.90. The van der Waals surface area contributed by atoms with Gasteiger partial charge in [0.1, 0.15) is 0 Å². The first kappa shape index (κ1) is 30.4. The molecule has 0 aliphatic carbocycles. The standard InChI is InChI=1S/C27H47NO5S/c1-9-10-12-16-22(26(3,4)5)17-15-20-24(27(6,7)8)21(2)33-34(31,32)28(25(29)30)23-18-13-11-14-19-23/h11,13-14,18-19,21-22,24H,9-10,12,15-17,20H2,1-8H3,(H,29,30). The van der Waals surface area contributed by atoms with Crippen molar-refractivity contribution in [3.8, 4) is 0 Å². The smallest absolute Gasteiger partial charge is 0.427 e. The van der Waals surface area contributed by atoms with Crippen LogP contribution in [0.3, 0.4) is 0 Å². The molecule has 6 nitrogen and oxygen atoms in total. The number of para-hydroxylation sites is 1. The lowest BCUT2D eigenvalue weighted by molar-refractivity contribution is 0.0679. The molecule has 0 saturated heterocycles. The van der Waals surface area contributed by atoms with Gasteiger partial charge in [-0.15, -0.1) is 4.31 Å². The maximum atomic E-state index is 13.0. The molecule has 0 heterocycles. The highest BCUT2D eigenvalue weighted by Gasteiger charge is 2.37. The molecule has 0 radical (unpaired) electrons. The maximum Gasteiger partial charge on any atom is 0.427 e. The molecule has 1 aromatic rings. The number of carboxylic acid groups (broad SMARTS) is 1. The Bertz CT molecular complexity index is 840. The van der Waals surface area contributed by atoms with Crippen LogP contribution in [-0.4, -0.2) is 25.7 Å². The Kier molecular flexibility index (Phi) is 11.6. The van der Waals surface area contributed by atoms with Gasteiger partial charge in [0, 0.05) is 0 Å². The van der Waals surface area contributed by atoms with Crippen molar-refractivity contribution in [3.05, 3.63) is 30.3 Å². The van der Waals surface area contributed by atoms with Gasteiger partial charge in [-0.25, -0.2) is 8.98 Å². The molecule has 34 heavy (non-hydrogen) atoms. The Morgan fingerprint density at radius 2 is 1.50 bits per heavy atom. The average Bonchev–Trinajstić information content (AvgIpc) is 2.67. The molecule has 0 aliphatic heterocycles. The second-order valence-electron chi connectivity index (χ2n) is 11.6. The number of nitrogens with zero attached hydrogens (tertiary/aromatic N) is 1. The lowest BCUT2D eigenvalue weighted by Gasteiger charge is -2.37. The number of benzene rings is 1. The quantitative estimate of drug-likeness (QED) is 0.280. The first-order valence-electron chi connectivity index (χ1n) is 12.6. The highest BCUT2D eigenvalue weighted by molar-refractivity contribution is 7.89.